The van der Waals surface area contributed by atoms with Crippen LogP contribution in [0.4, 0.5) is 5.69 Å². The number of fused-ring (bicyclic) bond motifs is 1. The van der Waals surface area contributed by atoms with Gasteiger partial charge in [0.25, 0.3) is 0 Å². The molecule has 1 unspecified atom stereocenters. The Hall–Kier alpha value is -1.35. The number of nitrogens with two attached hydrogens (primary N) is 1. The lowest BCUT2D eigenvalue weighted by Crippen LogP contribution is -2.57. The molecule has 1 fully saturated rings. The van der Waals surface area contributed by atoms with Gasteiger partial charge in [-0.15, -0.1) is 0 Å². The van der Waals surface area contributed by atoms with Crippen molar-refractivity contribution in [2.75, 3.05) is 4.90 Å². The van der Waals surface area contributed by atoms with Gasteiger partial charge in [0.2, 0.25) is 5.91 Å². The van der Waals surface area contributed by atoms with Gasteiger partial charge >= 0.3 is 0 Å². The molecule has 1 amide bonds. The van der Waals surface area contributed by atoms with Crippen LogP contribution in [0.2, 0.25) is 0 Å². The molecular formula is C16H22N2O. The monoisotopic (exact) mass is 258 g/mol. The van der Waals surface area contributed by atoms with E-state index in [4.69, 9.17) is 5.73 Å². The lowest BCUT2D eigenvalue weighted by Gasteiger charge is -2.37. The van der Waals surface area contributed by atoms with Crippen molar-refractivity contribution in [3.8, 4) is 0 Å². The summed E-state index contributed by atoms with van der Waals surface area (Å²) in [5, 5.41) is 0. The summed E-state index contributed by atoms with van der Waals surface area (Å²) in [6.07, 6.45) is 5.96. The Morgan fingerprint density at radius 1 is 1.26 bits per heavy atom. The van der Waals surface area contributed by atoms with Gasteiger partial charge < -0.3 is 10.6 Å². The predicted octanol–water partition coefficient (Wildman–Crippen LogP) is 2.63. The van der Waals surface area contributed by atoms with E-state index in [1.165, 1.54) is 12.0 Å². The standard InChI is InChI=1S/C16H22N2O/c1-12-11-13-7-3-4-8-14(13)18(12)15(19)16(17)9-5-2-6-10-16/h3-4,7-8,12H,2,5-6,9-11,17H2,1H3. The minimum atomic E-state index is -0.635. The zero-order valence-corrected chi connectivity index (χ0v) is 11.6. The molecule has 0 spiro atoms. The van der Waals surface area contributed by atoms with Crippen molar-refractivity contribution in [2.24, 2.45) is 5.73 Å². The fourth-order valence-electron chi connectivity index (χ4n) is 3.51. The predicted molar refractivity (Wildman–Crippen MR) is 77.1 cm³/mol. The molecule has 102 valence electrons. The van der Waals surface area contributed by atoms with Gasteiger partial charge in [-0.1, -0.05) is 37.5 Å². The molecule has 1 atom stereocenters. The van der Waals surface area contributed by atoms with Crippen LogP contribution in [0.1, 0.15) is 44.6 Å². The summed E-state index contributed by atoms with van der Waals surface area (Å²) in [6, 6.07) is 8.43. The maximum atomic E-state index is 12.9. The van der Waals surface area contributed by atoms with E-state index in [1.807, 2.05) is 23.1 Å². The molecule has 19 heavy (non-hydrogen) atoms. The van der Waals surface area contributed by atoms with Crippen LogP contribution in [-0.2, 0) is 11.2 Å². The minimum Gasteiger partial charge on any atom is -0.317 e. The summed E-state index contributed by atoms with van der Waals surface area (Å²) in [4.78, 5) is 14.8. The molecule has 0 bridgehead atoms. The second-order valence-electron chi connectivity index (χ2n) is 6.07. The van der Waals surface area contributed by atoms with Crippen LogP contribution in [0.25, 0.3) is 0 Å². The Labute approximate surface area is 114 Å². The maximum Gasteiger partial charge on any atom is 0.247 e. The first-order chi connectivity index (χ1) is 9.12. The van der Waals surface area contributed by atoms with Crippen LogP contribution in [0.3, 0.4) is 0 Å². The number of carbonyl (C=O) groups excluding carboxylic acids is 1. The van der Waals surface area contributed by atoms with Gasteiger partial charge in [0, 0.05) is 11.7 Å². The first kappa shape index (κ1) is 12.7. The number of hydrogen-bond donors (Lipinski definition) is 1. The Kier molecular flexibility index (Phi) is 3.09. The van der Waals surface area contributed by atoms with Crippen LogP contribution in [0, 0.1) is 0 Å². The first-order valence-corrected chi connectivity index (χ1v) is 7.32. The van der Waals surface area contributed by atoms with E-state index < -0.39 is 5.54 Å². The topological polar surface area (TPSA) is 46.3 Å². The highest BCUT2D eigenvalue weighted by Gasteiger charge is 2.42. The number of benzene rings is 1. The quantitative estimate of drug-likeness (QED) is 0.841. The van der Waals surface area contributed by atoms with Gasteiger partial charge in [-0.2, -0.15) is 0 Å². The van der Waals surface area contributed by atoms with Crippen molar-refractivity contribution in [1.82, 2.24) is 0 Å². The van der Waals surface area contributed by atoms with Crippen LogP contribution >= 0.6 is 0 Å². The number of nitrogens with zero attached hydrogens (tertiary/aromatic N) is 1. The Balaban J connectivity index is 1.91. The van der Waals surface area contributed by atoms with E-state index in [-0.39, 0.29) is 11.9 Å². The van der Waals surface area contributed by atoms with Gasteiger partial charge in [0.1, 0.15) is 0 Å². The molecule has 1 aromatic carbocycles. The van der Waals surface area contributed by atoms with Crippen molar-refractivity contribution in [1.29, 1.82) is 0 Å². The Morgan fingerprint density at radius 2 is 1.95 bits per heavy atom. The van der Waals surface area contributed by atoms with E-state index in [9.17, 15) is 4.79 Å². The smallest absolute Gasteiger partial charge is 0.247 e. The lowest BCUT2D eigenvalue weighted by molar-refractivity contribution is -0.125. The zero-order valence-electron chi connectivity index (χ0n) is 11.6. The fourth-order valence-corrected chi connectivity index (χ4v) is 3.51. The van der Waals surface area contributed by atoms with Crippen molar-refractivity contribution in [3.05, 3.63) is 29.8 Å². The molecule has 3 heteroatoms. The third-order valence-electron chi connectivity index (χ3n) is 4.60. The summed E-state index contributed by atoms with van der Waals surface area (Å²) in [7, 11) is 0. The van der Waals surface area contributed by atoms with Gasteiger partial charge in [-0.3, -0.25) is 4.79 Å². The number of carbonyl (C=O) groups is 1. The molecule has 2 N–H and O–H groups in total. The third kappa shape index (κ3) is 2.06. The average molecular weight is 258 g/mol. The summed E-state index contributed by atoms with van der Waals surface area (Å²) in [6.45, 7) is 2.12. The summed E-state index contributed by atoms with van der Waals surface area (Å²) in [5.74, 6) is 0.129. The van der Waals surface area contributed by atoms with Crippen molar-refractivity contribution in [3.63, 3.8) is 0 Å². The zero-order chi connectivity index (χ0) is 13.5. The highest BCUT2D eigenvalue weighted by atomic mass is 16.2. The number of hydrogen-bond acceptors (Lipinski definition) is 2. The summed E-state index contributed by atoms with van der Waals surface area (Å²) >= 11 is 0. The second-order valence-corrected chi connectivity index (χ2v) is 6.07. The van der Waals surface area contributed by atoms with Gasteiger partial charge in [-0.05, 0) is 37.8 Å². The minimum absolute atomic E-state index is 0.129. The van der Waals surface area contributed by atoms with Crippen LogP contribution in [0.5, 0.6) is 0 Å². The highest BCUT2D eigenvalue weighted by Crippen LogP contribution is 2.36. The van der Waals surface area contributed by atoms with E-state index in [0.717, 1.165) is 37.8 Å². The summed E-state index contributed by atoms with van der Waals surface area (Å²) < 4.78 is 0. The van der Waals surface area contributed by atoms with Crippen molar-refractivity contribution < 1.29 is 4.79 Å². The van der Waals surface area contributed by atoms with E-state index in [0.29, 0.717) is 0 Å². The largest absolute Gasteiger partial charge is 0.317 e. The molecule has 1 heterocycles. The number of anilines is 1. The molecular weight excluding hydrogens is 236 g/mol. The first-order valence-electron chi connectivity index (χ1n) is 7.32. The number of amides is 1. The molecule has 0 aromatic heterocycles. The van der Waals surface area contributed by atoms with Gasteiger partial charge in [0.15, 0.2) is 0 Å². The number of rotatable bonds is 1. The highest BCUT2D eigenvalue weighted by molar-refractivity contribution is 6.02. The summed E-state index contributed by atoms with van der Waals surface area (Å²) in [5.41, 5.74) is 8.11. The normalized spacial score (nSPS) is 25.2. The molecule has 1 aromatic rings. The van der Waals surface area contributed by atoms with Gasteiger partial charge in [0.05, 0.1) is 5.54 Å². The van der Waals surface area contributed by atoms with Crippen molar-refractivity contribution >= 4 is 11.6 Å². The molecule has 1 saturated carbocycles. The molecule has 0 saturated heterocycles. The maximum absolute atomic E-state index is 12.9. The molecule has 3 nitrogen and oxygen atoms in total. The number of para-hydroxylation sites is 1. The van der Waals surface area contributed by atoms with E-state index in [1.54, 1.807) is 0 Å². The molecule has 1 aliphatic heterocycles. The molecule has 3 rings (SSSR count). The van der Waals surface area contributed by atoms with E-state index in [2.05, 4.69) is 13.0 Å². The lowest BCUT2D eigenvalue weighted by atomic mass is 9.81. The SMILES string of the molecule is CC1Cc2ccccc2N1C(=O)C1(N)CCCCC1. The van der Waals surface area contributed by atoms with Gasteiger partial charge in [-0.25, -0.2) is 0 Å². The second kappa shape index (κ2) is 4.64. The fraction of sp³-hybridized carbons (Fsp3) is 0.562. The van der Waals surface area contributed by atoms with Crippen molar-refractivity contribution in [2.45, 2.75) is 57.0 Å². The third-order valence-corrected chi connectivity index (χ3v) is 4.60. The Bertz CT molecular complexity index is 491. The molecule has 2 aliphatic rings. The van der Waals surface area contributed by atoms with E-state index >= 15 is 0 Å². The average Bonchev–Trinajstić information content (AvgIpc) is 2.74. The van der Waals surface area contributed by atoms with Crippen LogP contribution in [-0.4, -0.2) is 17.5 Å². The van der Waals surface area contributed by atoms with Crippen LogP contribution < -0.4 is 10.6 Å². The molecule has 1 aliphatic carbocycles. The Morgan fingerprint density at radius 3 is 2.68 bits per heavy atom. The molecule has 0 radical (unpaired) electrons. The van der Waals surface area contributed by atoms with Crippen LogP contribution in [0.15, 0.2) is 24.3 Å².